The summed E-state index contributed by atoms with van der Waals surface area (Å²) in [6.45, 7) is 7.11. The molecule has 2 bridgehead atoms. The summed E-state index contributed by atoms with van der Waals surface area (Å²) in [6, 6.07) is 12.3. The van der Waals surface area contributed by atoms with Crippen LogP contribution in [0.3, 0.4) is 0 Å². The number of nitrogens with one attached hydrogen (secondary N) is 1. The monoisotopic (exact) mass is 436 g/mol. The summed E-state index contributed by atoms with van der Waals surface area (Å²) in [5.74, 6) is 0.426. The van der Waals surface area contributed by atoms with Crippen LogP contribution in [0.5, 0.6) is 0 Å². The smallest absolute Gasteiger partial charge is 0.338 e. The number of carbonyl (C=O) groups is 2. The molecule has 5 nitrogen and oxygen atoms in total. The number of nitrogens with zero attached hydrogens (tertiary/aromatic N) is 1. The van der Waals surface area contributed by atoms with E-state index in [1.54, 1.807) is 48.2 Å². The quantitative estimate of drug-likeness (QED) is 0.444. The number of carbonyl (C=O) groups excluding carboxylic acids is 2. The van der Waals surface area contributed by atoms with Gasteiger partial charge in [-0.3, -0.25) is 4.90 Å². The molecular weight excluding hydrogens is 407 g/mol. The van der Waals surface area contributed by atoms with Crippen LogP contribution in [-0.2, 0) is 4.74 Å². The molecule has 3 aliphatic rings. The molecule has 2 aromatic rings. The molecule has 2 amide bonds. The lowest BCUT2D eigenvalue weighted by Gasteiger charge is -2.57. The Hall–Kier alpha value is -3.15. The number of rotatable bonds is 6. The van der Waals surface area contributed by atoms with E-state index in [9.17, 15) is 14.0 Å². The number of anilines is 2. The van der Waals surface area contributed by atoms with E-state index >= 15 is 0 Å². The normalized spacial score (nSPS) is 20.6. The summed E-state index contributed by atoms with van der Waals surface area (Å²) in [7, 11) is 0. The SMILES string of the molecule is CCOC(=O)c1ccc(NC(=O)N(CC2=CCC3CC2C3(C)C)c2ccc(F)cc2)cc1. The van der Waals surface area contributed by atoms with Gasteiger partial charge in [-0.05, 0) is 85.5 Å². The van der Waals surface area contributed by atoms with E-state index in [1.807, 2.05) is 0 Å². The molecule has 3 aliphatic carbocycles. The Labute approximate surface area is 188 Å². The summed E-state index contributed by atoms with van der Waals surface area (Å²) < 4.78 is 18.5. The lowest BCUT2D eigenvalue weighted by atomic mass is 9.49. The molecule has 168 valence electrons. The molecule has 0 radical (unpaired) electrons. The van der Waals surface area contributed by atoms with Gasteiger partial charge in [0.15, 0.2) is 0 Å². The molecule has 6 heteroatoms. The number of esters is 1. The number of allylic oxidation sites excluding steroid dienone is 1. The number of benzene rings is 2. The molecule has 2 aromatic carbocycles. The molecule has 2 unspecified atom stereocenters. The largest absolute Gasteiger partial charge is 0.462 e. The number of ether oxygens (including phenoxy) is 1. The van der Waals surface area contributed by atoms with E-state index in [1.165, 1.54) is 17.7 Å². The Balaban J connectivity index is 1.53. The third-order valence-corrected chi connectivity index (χ3v) is 6.95. The van der Waals surface area contributed by atoms with Crippen LogP contribution in [0.1, 0.15) is 44.0 Å². The van der Waals surface area contributed by atoms with Gasteiger partial charge in [0.05, 0.1) is 12.2 Å². The minimum Gasteiger partial charge on any atom is -0.462 e. The summed E-state index contributed by atoms with van der Waals surface area (Å²) in [5, 5.41) is 2.91. The molecule has 0 aliphatic heterocycles. The van der Waals surface area contributed by atoms with Gasteiger partial charge in [0.1, 0.15) is 5.82 Å². The van der Waals surface area contributed by atoms with Gasteiger partial charge in [0.2, 0.25) is 0 Å². The topological polar surface area (TPSA) is 58.6 Å². The van der Waals surface area contributed by atoms with E-state index < -0.39 is 5.97 Å². The van der Waals surface area contributed by atoms with Crippen molar-refractivity contribution in [1.82, 2.24) is 0 Å². The first-order chi connectivity index (χ1) is 15.3. The molecule has 1 saturated carbocycles. The summed E-state index contributed by atoms with van der Waals surface area (Å²) in [6.07, 6.45) is 4.46. The van der Waals surface area contributed by atoms with Gasteiger partial charge in [0.25, 0.3) is 0 Å². The van der Waals surface area contributed by atoms with Crippen molar-refractivity contribution in [3.8, 4) is 0 Å². The van der Waals surface area contributed by atoms with Crippen molar-refractivity contribution in [2.75, 3.05) is 23.4 Å². The Morgan fingerprint density at radius 2 is 1.81 bits per heavy atom. The van der Waals surface area contributed by atoms with Gasteiger partial charge in [-0.25, -0.2) is 14.0 Å². The average Bonchev–Trinajstić information content (AvgIpc) is 2.78. The molecule has 0 aromatic heterocycles. The van der Waals surface area contributed by atoms with Crippen molar-refractivity contribution in [2.45, 2.75) is 33.6 Å². The fraction of sp³-hybridized carbons (Fsp3) is 0.385. The van der Waals surface area contributed by atoms with E-state index in [4.69, 9.17) is 4.74 Å². The van der Waals surface area contributed by atoms with Crippen LogP contribution >= 0.6 is 0 Å². The first kappa shape index (κ1) is 22.1. The Bertz CT molecular complexity index is 1030. The van der Waals surface area contributed by atoms with Crippen molar-refractivity contribution < 1.29 is 18.7 Å². The van der Waals surface area contributed by atoms with Gasteiger partial charge in [0, 0.05) is 17.9 Å². The molecule has 1 N–H and O–H groups in total. The highest BCUT2D eigenvalue weighted by molar-refractivity contribution is 6.02. The van der Waals surface area contributed by atoms with Gasteiger partial charge >= 0.3 is 12.0 Å². The number of fused-ring (bicyclic) bond motifs is 1. The van der Waals surface area contributed by atoms with Crippen molar-refractivity contribution in [3.05, 3.63) is 71.6 Å². The van der Waals surface area contributed by atoms with Gasteiger partial charge in [-0.2, -0.15) is 0 Å². The lowest BCUT2D eigenvalue weighted by Crippen LogP contribution is -2.50. The zero-order chi connectivity index (χ0) is 22.9. The third kappa shape index (κ3) is 4.27. The first-order valence-corrected chi connectivity index (χ1v) is 11.1. The van der Waals surface area contributed by atoms with Gasteiger partial charge < -0.3 is 10.1 Å². The minimum absolute atomic E-state index is 0.248. The maximum absolute atomic E-state index is 13.5. The van der Waals surface area contributed by atoms with Crippen LogP contribution in [0.2, 0.25) is 0 Å². The lowest BCUT2D eigenvalue weighted by molar-refractivity contribution is -0.00666. The van der Waals surface area contributed by atoms with E-state index in [-0.39, 0.29) is 17.3 Å². The number of urea groups is 1. The van der Waals surface area contributed by atoms with Crippen molar-refractivity contribution in [2.24, 2.45) is 17.3 Å². The molecule has 0 heterocycles. The van der Waals surface area contributed by atoms with Gasteiger partial charge in [-0.15, -0.1) is 0 Å². The number of hydrogen-bond acceptors (Lipinski definition) is 3. The molecule has 32 heavy (non-hydrogen) atoms. The van der Waals surface area contributed by atoms with Crippen molar-refractivity contribution >= 4 is 23.4 Å². The molecule has 5 rings (SSSR count). The van der Waals surface area contributed by atoms with Crippen LogP contribution in [0.25, 0.3) is 0 Å². The average molecular weight is 437 g/mol. The highest BCUT2D eigenvalue weighted by Gasteiger charge is 2.51. The first-order valence-electron chi connectivity index (χ1n) is 11.1. The van der Waals surface area contributed by atoms with Crippen LogP contribution in [-0.4, -0.2) is 25.2 Å². The Morgan fingerprint density at radius 1 is 1.12 bits per heavy atom. The summed E-state index contributed by atoms with van der Waals surface area (Å²) in [5.41, 5.74) is 3.13. The second-order valence-corrected chi connectivity index (χ2v) is 9.11. The molecule has 0 spiro atoms. The Morgan fingerprint density at radius 3 is 2.41 bits per heavy atom. The predicted octanol–water partition coefficient (Wildman–Crippen LogP) is 6.03. The highest BCUT2D eigenvalue weighted by Crippen LogP contribution is 2.59. The molecule has 1 fully saturated rings. The maximum Gasteiger partial charge on any atom is 0.338 e. The van der Waals surface area contributed by atoms with Gasteiger partial charge in [-0.1, -0.05) is 25.5 Å². The minimum atomic E-state index is -0.399. The van der Waals surface area contributed by atoms with E-state index in [0.717, 1.165) is 12.8 Å². The second kappa shape index (κ2) is 8.77. The number of halogens is 1. The summed E-state index contributed by atoms with van der Waals surface area (Å²) >= 11 is 0. The number of amides is 2. The summed E-state index contributed by atoms with van der Waals surface area (Å²) in [4.78, 5) is 26.8. The maximum atomic E-state index is 13.5. The van der Waals surface area contributed by atoms with Crippen LogP contribution in [0.4, 0.5) is 20.6 Å². The zero-order valence-corrected chi connectivity index (χ0v) is 18.7. The van der Waals surface area contributed by atoms with E-state index in [2.05, 4.69) is 25.2 Å². The fourth-order valence-corrected chi connectivity index (χ4v) is 4.83. The third-order valence-electron chi connectivity index (χ3n) is 6.95. The molecular formula is C26H29FN2O3. The van der Waals surface area contributed by atoms with E-state index in [0.29, 0.717) is 41.9 Å². The predicted molar refractivity (Wildman–Crippen MR) is 123 cm³/mol. The fourth-order valence-electron chi connectivity index (χ4n) is 4.83. The van der Waals surface area contributed by atoms with Crippen LogP contribution < -0.4 is 10.2 Å². The second-order valence-electron chi connectivity index (χ2n) is 9.11. The zero-order valence-electron chi connectivity index (χ0n) is 18.7. The van der Waals surface area contributed by atoms with Crippen molar-refractivity contribution in [1.29, 1.82) is 0 Å². The Kier molecular flexibility index (Phi) is 6.04. The number of hydrogen-bond donors (Lipinski definition) is 1. The highest BCUT2D eigenvalue weighted by atomic mass is 19.1. The standard InChI is InChI=1S/C26H29FN2O3/c1-4-32-24(30)17-6-11-21(12-7-17)28-25(31)29(22-13-9-20(27)10-14-22)16-18-5-8-19-15-23(18)26(19,2)3/h5-7,9-14,19,23H,4,8,15-16H2,1-3H3,(H,28,31). The molecule has 0 saturated heterocycles. The van der Waals surface area contributed by atoms with Crippen LogP contribution in [0.15, 0.2) is 60.2 Å². The molecule has 2 atom stereocenters. The van der Waals surface area contributed by atoms with Crippen molar-refractivity contribution in [3.63, 3.8) is 0 Å². The van der Waals surface area contributed by atoms with Crippen LogP contribution in [0, 0.1) is 23.1 Å².